The van der Waals surface area contributed by atoms with Crippen LogP contribution in [0.2, 0.25) is 0 Å². The molecule has 0 aliphatic carbocycles. The molecular formula is C20H19F2N3O. The van der Waals surface area contributed by atoms with Crippen molar-refractivity contribution >= 4 is 5.91 Å². The molecule has 4 nitrogen and oxygen atoms in total. The van der Waals surface area contributed by atoms with Crippen LogP contribution in [0.25, 0.3) is 5.69 Å². The van der Waals surface area contributed by atoms with E-state index in [1.807, 2.05) is 37.3 Å². The summed E-state index contributed by atoms with van der Waals surface area (Å²) in [7, 11) is 0. The average molecular weight is 355 g/mol. The van der Waals surface area contributed by atoms with Gasteiger partial charge in [-0.2, -0.15) is 5.10 Å². The van der Waals surface area contributed by atoms with Crippen LogP contribution in [-0.4, -0.2) is 15.7 Å². The third-order valence-electron chi connectivity index (χ3n) is 4.31. The minimum absolute atomic E-state index is 0.306. The molecule has 2 aromatic carbocycles. The van der Waals surface area contributed by atoms with Crippen molar-refractivity contribution in [3.05, 3.63) is 82.7 Å². The molecule has 0 spiro atoms. The van der Waals surface area contributed by atoms with Crippen molar-refractivity contribution in [2.45, 2.75) is 26.8 Å². The molecule has 3 rings (SSSR count). The molecule has 134 valence electrons. The maximum absolute atomic E-state index is 13.4. The lowest BCUT2D eigenvalue weighted by Gasteiger charge is -2.15. The number of nitrogens with one attached hydrogen (secondary N) is 1. The van der Waals surface area contributed by atoms with Gasteiger partial charge in [-0.05, 0) is 50.6 Å². The van der Waals surface area contributed by atoms with E-state index in [4.69, 9.17) is 0 Å². The van der Waals surface area contributed by atoms with Gasteiger partial charge in [-0.1, -0.05) is 24.3 Å². The molecule has 0 fully saturated rings. The molecule has 26 heavy (non-hydrogen) atoms. The fourth-order valence-corrected chi connectivity index (χ4v) is 2.93. The maximum atomic E-state index is 13.4. The van der Waals surface area contributed by atoms with Gasteiger partial charge in [0.25, 0.3) is 5.91 Å². The summed E-state index contributed by atoms with van der Waals surface area (Å²) in [6.07, 6.45) is 0. The standard InChI is InChI=1S/C20H19F2N3O/c1-12(15-9-10-17(21)18(22)11-15)23-20(26)19-13(2)24-25(14(19)3)16-7-5-4-6-8-16/h4-12H,1-3H3,(H,23,26). The summed E-state index contributed by atoms with van der Waals surface area (Å²) in [5, 5.41) is 7.28. The topological polar surface area (TPSA) is 46.9 Å². The van der Waals surface area contributed by atoms with E-state index >= 15 is 0 Å². The number of hydrogen-bond acceptors (Lipinski definition) is 2. The first-order valence-corrected chi connectivity index (χ1v) is 8.26. The van der Waals surface area contributed by atoms with E-state index in [2.05, 4.69) is 10.4 Å². The summed E-state index contributed by atoms with van der Waals surface area (Å²) in [6, 6.07) is 12.6. The van der Waals surface area contributed by atoms with Gasteiger partial charge < -0.3 is 5.32 Å². The third-order valence-corrected chi connectivity index (χ3v) is 4.31. The number of aryl methyl sites for hydroxylation is 1. The monoisotopic (exact) mass is 355 g/mol. The Morgan fingerprint density at radius 3 is 2.42 bits per heavy atom. The van der Waals surface area contributed by atoms with Crippen LogP contribution in [0.5, 0.6) is 0 Å². The zero-order chi connectivity index (χ0) is 18.8. The molecule has 6 heteroatoms. The lowest BCUT2D eigenvalue weighted by molar-refractivity contribution is 0.0938. The third kappa shape index (κ3) is 3.35. The molecule has 0 radical (unpaired) electrons. The smallest absolute Gasteiger partial charge is 0.255 e. The van der Waals surface area contributed by atoms with E-state index in [-0.39, 0.29) is 5.91 Å². The Balaban J connectivity index is 1.86. The van der Waals surface area contributed by atoms with Gasteiger partial charge in [-0.3, -0.25) is 4.79 Å². The first-order chi connectivity index (χ1) is 12.4. The average Bonchev–Trinajstić information content (AvgIpc) is 2.92. The van der Waals surface area contributed by atoms with Gasteiger partial charge in [0.05, 0.1) is 28.7 Å². The molecular weight excluding hydrogens is 336 g/mol. The highest BCUT2D eigenvalue weighted by Gasteiger charge is 2.21. The Morgan fingerprint density at radius 1 is 1.08 bits per heavy atom. The lowest BCUT2D eigenvalue weighted by Crippen LogP contribution is -2.27. The van der Waals surface area contributed by atoms with Crippen molar-refractivity contribution in [3.8, 4) is 5.69 Å². The molecule has 1 aromatic heterocycles. The van der Waals surface area contributed by atoms with Gasteiger partial charge >= 0.3 is 0 Å². The normalized spacial score (nSPS) is 12.0. The quantitative estimate of drug-likeness (QED) is 0.760. The summed E-state index contributed by atoms with van der Waals surface area (Å²) >= 11 is 0. The number of rotatable bonds is 4. The van der Waals surface area contributed by atoms with Gasteiger partial charge in [-0.25, -0.2) is 13.5 Å². The van der Waals surface area contributed by atoms with E-state index in [0.717, 1.165) is 17.8 Å². The lowest BCUT2D eigenvalue weighted by atomic mass is 10.1. The summed E-state index contributed by atoms with van der Waals surface area (Å²) in [5.74, 6) is -2.16. The summed E-state index contributed by atoms with van der Waals surface area (Å²) in [5.41, 5.74) is 3.14. The highest BCUT2D eigenvalue weighted by molar-refractivity contribution is 5.96. The molecule has 3 aromatic rings. The number of amides is 1. The largest absolute Gasteiger partial charge is 0.345 e. The first kappa shape index (κ1) is 17.8. The van der Waals surface area contributed by atoms with Crippen LogP contribution in [0.1, 0.15) is 40.3 Å². The molecule has 0 aliphatic heterocycles. The van der Waals surface area contributed by atoms with E-state index < -0.39 is 17.7 Å². The fourth-order valence-electron chi connectivity index (χ4n) is 2.93. The van der Waals surface area contributed by atoms with Crippen LogP contribution < -0.4 is 5.32 Å². The number of carbonyl (C=O) groups is 1. The van der Waals surface area contributed by atoms with Crippen LogP contribution in [-0.2, 0) is 0 Å². The van der Waals surface area contributed by atoms with Gasteiger partial charge in [0.1, 0.15) is 0 Å². The number of hydrogen-bond donors (Lipinski definition) is 1. The molecule has 1 heterocycles. The fraction of sp³-hybridized carbons (Fsp3) is 0.200. The van der Waals surface area contributed by atoms with E-state index in [9.17, 15) is 13.6 Å². The van der Waals surface area contributed by atoms with Crippen molar-refractivity contribution in [3.63, 3.8) is 0 Å². The summed E-state index contributed by atoms with van der Waals surface area (Å²) in [6.45, 7) is 5.31. The Morgan fingerprint density at radius 2 is 1.77 bits per heavy atom. The van der Waals surface area contributed by atoms with Crippen molar-refractivity contribution in [2.75, 3.05) is 0 Å². The second kappa shape index (κ2) is 7.07. The number of nitrogens with zero attached hydrogens (tertiary/aromatic N) is 2. The molecule has 1 amide bonds. The Bertz CT molecular complexity index is 951. The van der Waals surface area contributed by atoms with Gasteiger partial charge in [-0.15, -0.1) is 0 Å². The van der Waals surface area contributed by atoms with Crippen molar-refractivity contribution in [1.82, 2.24) is 15.1 Å². The summed E-state index contributed by atoms with van der Waals surface area (Å²) in [4.78, 5) is 12.7. The Kier molecular flexibility index (Phi) is 4.84. The van der Waals surface area contributed by atoms with E-state index in [0.29, 0.717) is 22.5 Å². The molecule has 1 atom stereocenters. The van der Waals surface area contributed by atoms with Crippen LogP contribution in [0.15, 0.2) is 48.5 Å². The highest BCUT2D eigenvalue weighted by atomic mass is 19.2. The summed E-state index contributed by atoms with van der Waals surface area (Å²) < 4.78 is 28.2. The zero-order valence-corrected chi connectivity index (χ0v) is 14.8. The molecule has 1 N–H and O–H groups in total. The van der Waals surface area contributed by atoms with Crippen LogP contribution >= 0.6 is 0 Å². The van der Waals surface area contributed by atoms with Crippen LogP contribution in [0, 0.1) is 25.5 Å². The van der Waals surface area contributed by atoms with Gasteiger partial charge in [0.15, 0.2) is 11.6 Å². The predicted molar refractivity (Wildman–Crippen MR) is 95.3 cm³/mol. The highest BCUT2D eigenvalue weighted by Crippen LogP contribution is 2.20. The first-order valence-electron chi connectivity index (χ1n) is 8.26. The second-order valence-corrected chi connectivity index (χ2v) is 6.16. The zero-order valence-electron chi connectivity index (χ0n) is 14.8. The Hall–Kier alpha value is -3.02. The van der Waals surface area contributed by atoms with Crippen molar-refractivity contribution < 1.29 is 13.6 Å². The molecule has 0 bridgehead atoms. The number of halogens is 2. The number of para-hydroxylation sites is 1. The van der Waals surface area contributed by atoms with Crippen molar-refractivity contribution in [1.29, 1.82) is 0 Å². The predicted octanol–water partition coefficient (Wildman–Crippen LogP) is 4.26. The number of benzene rings is 2. The Labute approximate surface area is 150 Å². The maximum Gasteiger partial charge on any atom is 0.255 e. The minimum atomic E-state index is -0.937. The van der Waals surface area contributed by atoms with Crippen molar-refractivity contribution in [2.24, 2.45) is 0 Å². The second-order valence-electron chi connectivity index (χ2n) is 6.16. The van der Waals surface area contributed by atoms with Crippen LogP contribution in [0.4, 0.5) is 8.78 Å². The SMILES string of the molecule is Cc1nn(-c2ccccc2)c(C)c1C(=O)NC(C)c1ccc(F)c(F)c1. The molecule has 1 unspecified atom stereocenters. The molecule has 0 saturated heterocycles. The van der Waals surface area contributed by atoms with E-state index in [1.165, 1.54) is 6.07 Å². The molecule has 0 aliphatic rings. The number of aromatic nitrogens is 2. The van der Waals surface area contributed by atoms with Gasteiger partial charge in [0, 0.05) is 0 Å². The minimum Gasteiger partial charge on any atom is -0.345 e. The van der Waals surface area contributed by atoms with Crippen LogP contribution in [0.3, 0.4) is 0 Å². The van der Waals surface area contributed by atoms with E-state index in [1.54, 1.807) is 18.5 Å². The number of carbonyl (C=O) groups excluding carboxylic acids is 1. The van der Waals surface area contributed by atoms with Gasteiger partial charge in [0.2, 0.25) is 0 Å². The molecule has 0 saturated carbocycles.